The lowest BCUT2D eigenvalue weighted by molar-refractivity contribution is -0.116. The van der Waals surface area contributed by atoms with E-state index in [1.165, 1.54) is 24.3 Å². The van der Waals surface area contributed by atoms with E-state index in [1.807, 2.05) is 24.4 Å². The number of H-pyrrole nitrogens is 1. The van der Waals surface area contributed by atoms with Crippen LogP contribution in [-0.4, -0.2) is 29.0 Å². The first-order chi connectivity index (χ1) is 12.2. The second-order valence-corrected chi connectivity index (χ2v) is 5.68. The van der Waals surface area contributed by atoms with Crippen LogP contribution in [0.2, 0.25) is 0 Å². The molecule has 1 amide bonds. The largest absolute Gasteiger partial charge is 0.465 e. The average Bonchev–Trinajstić information content (AvgIpc) is 3.05. The number of hydrogen-bond acceptors (Lipinski definition) is 4. The Hall–Kier alpha value is -3.15. The van der Waals surface area contributed by atoms with Crippen LogP contribution in [0, 0.1) is 0 Å². The van der Waals surface area contributed by atoms with Crippen molar-refractivity contribution in [2.24, 2.45) is 0 Å². The van der Waals surface area contributed by atoms with Crippen molar-refractivity contribution in [3.05, 3.63) is 59.9 Å². The van der Waals surface area contributed by atoms with Crippen LogP contribution >= 0.6 is 0 Å². The lowest BCUT2D eigenvalue weighted by Crippen LogP contribution is -2.13. The molecule has 2 N–H and O–H groups in total. The van der Waals surface area contributed by atoms with Gasteiger partial charge >= 0.3 is 5.97 Å². The zero-order valence-electron chi connectivity index (χ0n) is 13.9. The number of aromatic amines is 1. The second-order valence-electron chi connectivity index (χ2n) is 5.68. The number of aromatic nitrogens is 2. The van der Waals surface area contributed by atoms with Gasteiger partial charge in [0.15, 0.2) is 0 Å². The highest BCUT2D eigenvalue weighted by Crippen LogP contribution is 2.19. The SMILES string of the molecule is COC(=O)c1ccc(NC(=O)CCCc2c[nH]c3ccccc23)nc1. The molecule has 2 heterocycles. The lowest BCUT2D eigenvalue weighted by atomic mass is 10.1. The van der Waals surface area contributed by atoms with Gasteiger partial charge in [-0.25, -0.2) is 9.78 Å². The number of fused-ring (bicyclic) bond motifs is 1. The molecule has 0 fully saturated rings. The Morgan fingerprint density at radius 3 is 2.80 bits per heavy atom. The van der Waals surface area contributed by atoms with Crippen molar-refractivity contribution in [1.82, 2.24) is 9.97 Å². The fourth-order valence-corrected chi connectivity index (χ4v) is 2.69. The molecule has 1 aromatic carbocycles. The number of carbonyl (C=O) groups is 2. The molecule has 2 aromatic heterocycles. The number of hydrogen-bond donors (Lipinski definition) is 2. The molecule has 0 saturated carbocycles. The first-order valence-corrected chi connectivity index (χ1v) is 8.06. The zero-order valence-corrected chi connectivity index (χ0v) is 13.9. The number of ether oxygens (including phenoxy) is 1. The highest BCUT2D eigenvalue weighted by atomic mass is 16.5. The normalized spacial score (nSPS) is 10.6. The number of nitrogens with zero attached hydrogens (tertiary/aromatic N) is 1. The van der Waals surface area contributed by atoms with Gasteiger partial charge in [0, 0.05) is 29.7 Å². The van der Waals surface area contributed by atoms with Gasteiger partial charge in [-0.05, 0) is 36.6 Å². The molecule has 0 aliphatic rings. The highest BCUT2D eigenvalue weighted by molar-refractivity contribution is 5.91. The standard InChI is InChI=1S/C19H19N3O3/c1-25-19(24)14-9-10-17(21-12-14)22-18(23)8-4-5-13-11-20-16-7-3-2-6-15(13)16/h2-3,6-7,9-12,20H,4-5,8H2,1H3,(H,21,22,23). The molecular formula is C19H19N3O3. The van der Waals surface area contributed by atoms with E-state index in [0.717, 1.165) is 18.4 Å². The first kappa shape index (κ1) is 16.7. The fraction of sp³-hybridized carbons (Fsp3) is 0.211. The van der Waals surface area contributed by atoms with Gasteiger partial charge in [-0.15, -0.1) is 0 Å². The quantitative estimate of drug-likeness (QED) is 0.676. The topological polar surface area (TPSA) is 84.1 Å². The van der Waals surface area contributed by atoms with Crippen LogP contribution in [0.3, 0.4) is 0 Å². The van der Waals surface area contributed by atoms with E-state index >= 15 is 0 Å². The van der Waals surface area contributed by atoms with Crippen molar-refractivity contribution in [1.29, 1.82) is 0 Å². The van der Waals surface area contributed by atoms with E-state index < -0.39 is 5.97 Å². The predicted molar refractivity (Wildman–Crippen MR) is 95.4 cm³/mol. The molecule has 6 heteroatoms. The molecule has 0 atom stereocenters. The summed E-state index contributed by atoms with van der Waals surface area (Å²) in [6.45, 7) is 0. The molecule has 0 unspecified atom stereocenters. The monoisotopic (exact) mass is 337 g/mol. The van der Waals surface area contributed by atoms with Crippen LogP contribution in [0.15, 0.2) is 48.8 Å². The van der Waals surface area contributed by atoms with E-state index in [4.69, 9.17) is 0 Å². The van der Waals surface area contributed by atoms with E-state index in [-0.39, 0.29) is 5.91 Å². The molecule has 0 bridgehead atoms. The van der Waals surface area contributed by atoms with Crippen LogP contribution in [-0.2, 0) is 16.0 Å². The van der Waals surface area contributed by atoms with Gasteiger partial charge in [-0.3, -0.25) is 4.79 Å². The van der Waals surface area contributed by atoms with Gasteiger partial charge in [0.1, 0.15) is 5.82 Å². The Morgan fingerprint density at radius 2 is 2.04 bits per heavy atom. The van der Waals surface area contributed by atoms with Crippen molar-refractivity contribution in [2.75, 3.05) is 12.4 Å². The number of amides is 1. The zero-order chi connectivity index (χ0) is 17.6. The molecular weight excluding hydrogens is 318 g/mol. The molecule has 0 aliphatic heterocycles. The van der Waals surface area contributed by atoms with Gasteiger partial charge in [0.05, 0.1) is 12.7 Å². The summed E-state index contributed by atoms with van der Waals surface area (Å²) in [7, 11) is 1.31. The summed E-state index contributed by atoms with van der Waals surface area (Å²) in [5.41, 5.74) is 2.67. The summed E-state index contributed by atoms with van der Waals surface area (Å²) in [5.74, 6) is -0.132. The van der Waals surface area contributed by atoms with Gasteiger partial charge < -0.3 is 15.0 Å². The number of anilines is 1. The van der Waals surface area contributed by atoms with Gasteiger partial charge in [-0.1, -0.05) is 18.2 Å². The molecule has 3 aromatic rings. The number of esters is 1. The maximum atomic E-state index is 12.0. The summed E-state index contributed by atoms with van der Waals surface area (Å²) >= 11 is 0. The maximum absolute atomic E-state index is 12.0. The minimum Gasteiger partial charge on any atom is -0.465 e. The Kier molecular flexibility index (Phi) is 5.09. The summed E-state index contributed by atoms with van der Waals surface area (Å²) in [6, 6.07) is 11.3. The van der Waals surface area contributed by atoms with Crippen LogP contribution in [0.25, 0.3) is 10.9 Å². The molecule has 3 rings (SSSR count). The first-order valence-electron chi connectivity index (χ1n) is 8.06. The molecule has 0 radical (unpaired) electrons. The predicted octanol–water partition coefficient (Wildman–Crippen LogP) is 3.31. The fourth-order valence-electron chi connectivity index (χ4n) is 2.69. The number of rotatable bonds is 6. The molecule has 0 spiro atoms. The molecule has 0 saturated heterocycles. The third-order valence-electron chi connectivity index (χ3n) is 3.98. The Bertz CT molecular complexity index is 884. The molecule has 0 aliphatic carbocycles. The van der Waals surface area contributed by atoms with E-state index in [2.05, 4.69) is 26.1 Å². The van der Waals surface area contributed by atoms with Crippen LogP contribution in [0.1, 0.15) is 28.8 Å². The molecule has 25 heavy (non-hydrogen) atoms. The van der Waals surface area contributed by atoms with Crippen LogP contribution in [0.5, 0.6) is 0 Å². The minimum atomic E-state index is -0.455. The third-order valence-corrected chi connectivity index (χ3v) is 3.98. The number of pyridine rings is 1. The summed E-state index contributed by atoms with van der Waals surface area (Å²) < 4.78 is 4.61. The number of nitrogens with one attached hydrogen (secondary N) is 2. The van der Waals surface area contributed by atoms with Gasteiger partial charge in [0.25, 0.3) is 0 Å². The smallest absolute Gasteiger partial charge is 0.339 e. The van der Waals surface area contributed by atoms with E-state index in [1.54, 1.807) is 12.1 Å². The molecule has 6 nitrogen and oxygen atoms in total. The lowest BCUT2D eigenvalue weighted by Gasteiger charge is -2.05. The highest BCUT2D eigenvalue weighted by Gasteiger charge is 2.08. The number of benzene rings is 1. The van der Waals surface area contributed by atoms with Gasteiger partial charge in [-0.2, -0.15) is 0 Å². The number of methoxy groups -OCH3 is 1. The van der Waals surface area contributed by atoms with Gasteiger partial charge in [0.2, 0.25) is 5.91 Å². The Labute approximate surface area is 145 Å². The van der Waals surface area contributed by atoms with Crippen LogP contribution in [0.4, 0.5) is 5.82 Å². The maximum Gasteiger partial charge on any atom is 0.339 e. The van der Waals surface area contributed by atoms with E-state index in [9.17, 15) is 9.59 Å². The Morgan fingerprint density at radius 1 is 1.20 bits per heavy atom. The summed E-state index contributed by atoms with van der Waals surface area (Å²) in [6.07, 6.45) is 5.35. The number of aryl methyl sites for hydroxylation is 1. The minimum absolute atomic E-state index is 0.0989. The van der Waals surface area contributed by atoms with Crippen LogP contribution < -0.4 is 5.32 Å². The van der Waals surface area contributed by atoms with E-state index in [0.29, 0.717) is 17.8 Å². The van der Waals surface area contributed by atoms with Crippen molar-refractivity contribution < 1.29 is 14.3 Å². The summed E-state index contributed by atoms with van der Waals surface area (Å²) in [5, 5.41) is 3.93. The van der Waals surface area contributed by atoms with Crippen molar-refractivity contribution in [3.8, 4) is 0 Å². The van der Waals surface area contributed by atoms with Crippen molar-refractivity contribution in [2.45, 2.75) is 19.3 Å². The summed E-state index contributed by atoms with van der Waals surface area (Å²) in [4.78, 5) is 30.7. The third kappa shape index (κ3) is 4.03. The van der Waals surface area contributed by atoms with Crippen molar-refractivity contribution in [3.63, 3.8) is 0 Å². The average molecular weight is 337 g/mol. The van der Waals surface area contributed by atoms with Crippen molar-refractivity contribution >= 4 is 28.6 Å². The number of para-hydroxylation sites is 1. The second kappa shape index (κ2) is 7.61. The molecule has 128 valence electrons. The Balaban J connectivity index is 1.50. The number of carbonyl (C=O) groups excluding carboxylic acids is 2.